The Labute approximate surface area is 107 Å². The van der Waals surface area contributed by atoms with Crippen LogP contribution in [-0.2, 0) is 6.54 Å². The second-order valence-electron chi connectivity index (χ2n) is 3.92. The highest BCUT2D eigenvalue weighted by Crippen LogP contribution is 2.27. The van der Waals surface area contributed by atoms with E-state index in [9.17, 15) is 9.59 Å². The lowest BCUT2D eigenvalue weighted by Crippen LogP contribution is -2.22. The van der Waals surface area contributed by atoms with Gasteiger partial charge in [-0.1, -0.05) is 12.1 Å². The molecule has 8 nitrogen and oxygen atoms in total. The van der Waals surface area contributed by atoms with Gasteiger partial charge in [-0.3, -0.25) is 10.1 Å². The standard InChI is InChI=1S/C11H12N6O2/c12-9(18)8-6-2-1-5(4-15-14)3-7(6)16-10(8)17-11(13)19/h1-3,14,16H,4H2,(H2,12,18)(H3,13,17,19). The molecular weight excluding hydrogens is 248 g/mol. The molecule has 0 fully saturated rings. The number of hydrogen-bond acceptors (Lipinski definition) is 4. The molecule has 1 aromatic carbocycles. The number of amides is 3. The van der Waals surface area contributed by atoms with Crippen LogP contribution < -0.4 is 16.8 Å². The SMILES string of the molecule is N=NCc1ccc2c(C(N)=O)c(NC(N)=O)[nH]c2c1. The summed E-state index contributed by atoms with van der Waals surface area (Å²) in [5, 5.41) is 6.17. The molecule has 0 bridgehead atoms. The molecule has 7 N–H and O–H groups in total. The molecule has 0 radical (unpaired) electrons. The number of aromatic nitrogens is 1. The van der Waals surface area contributed by atoms with Gasteiger partial charge in [0.1, 0.15) is 5.82 Å². The fraction of sp³-hybridized carbons (Fsp3) is 0.0909. The summed E-state index contributed by atoms with van der Waals surface area (Å²) >= 11 is 0. The largest absolute Gasteiger partial charge is 0.365 e. The van der Waals surface area contributed by atoms with E-state index in [0.717, 1.165) is 5.56 Å². The molecule has 0 spiro atoms. The highest BCUT2D eigenvalue weighted by molar-refractivity contribution is 6.12. The Morgan fingerprint density at radius 1 is 1.37 bits per heavy atom. The molecule has 0 saturated carbocycles. The number of nitrogens with two attached hydrogens (primary N) is 2. The third kappa shape index (κ3) is 2.37. The van der Waals surface area contributed by atoms with Crippen LogP contribution in [-0.4, -0.2) is 16.9 Å². The first-order valence-corrected chi connectivity index (χ1v) is 5.37. The van der Waals surface area contributed by atoms with Crippen molar-refractivity contribution in [3.8, 4) is 0 Å². The summed E-state index contributed by atoms with van der Waals surface area (Å²) in [6, 6.07) is 4.34. The van der Waals surface area contributed by atoms with E-state index in [4.69, 9.17) is 17.0 Å². The molecule has 1 aromatic heterocycles. The first-order valence-electron chi connectivity index (χ1n) is 5.37. The van der Waals surface area contributed by atoms with E-state index in [0.29, 0.717) is 10.9 Å². The number of aromatic amines is 1. The Bertz CT molecular complexity index is 675. The molecule has 19 heavy (non-hydrogen) atoms. The number of carbonyl (C=O) groups excluding carboxylic acids is 2. The highest BCUT2D eigenvalue weighted by atomic mass is 16.2. The van der Waals surface area contributed by atoms with Gasteiger partial charge >= 0.3 is 6.03 Å². The molecular formula is C11H12N6O2. The second-order valence-corrected chi connectivity index (χ2v) is 3.92. The second kappa shape index (κ2) is 4.77. The molecule has 0 saturated heterocycles. The molecule has 1 heterocycles. The van der Waals surface area contributed by atoms with Gasteiger partial charge in [0.05, 0.1) is 12.1 Å². The molecule has 0 aliphatic rings. The summed E-state index contributed by atoms with van der Waals surface area (Å²) in [7, 11) is 0. The Morgan fingerprint density at radius 3 is 2.68 bits per heavy atom. The predicted octanol–water partition coefficient (Wildman–Crippen LogP) is 1.29. The van der Waals surface area contributed by atoms with Crippen molar-refractivity contribution in [2.75, 3.05) is 5.32 Å². The number of H-pyrrole nitrogens is 1. The predicted molar refractivity (Wildman–Crippen MR) is 68.9 cm³/mol. The number of anilines is 1. The number of nitrogens with one attached hydrogen (secondary N) is 3. The van der Waals surface area contributed by atoms with Gasteiger partial charge in [-0.2, -0.15) is 5.11 Å². The van der Waals surface area contributed by atoms with Crippen LogP contribution in [0.4, 0.5) is 10.6 Å². The number of nitrogens with zero attached hydrogens (tertiary/aromatic N) is 1. The number of fused-ring (bicyclic) bond motifs is 1. The van der Waals surface area contributed by atoms with Crippen molar-refractivity contribution in [1.82, 2.24) is 4.98 Å². The molecule has 0 unspecified atom stereocenters. The number of primary amides is 2. The van der Waals surface area contributed by atoms with Crippen LogP contribution in [0.25, 0.3) is 10.9 Å². The zero-order valence-electron chi connectivity index (χ0n) is 9.86. The van der Waals surface area contributed by atoms with Crippen LogP contribution in [0.3, 0.4) is 0 Å². The van der Waals surface area contributed by atoms with Crippen LogP contribution in [0.2, 0.25) is 0 Å². The van der Waals surface area contributed by atoms with E-state index in [1.807, 2.05) is 0 Å². The Balaban J connectivity index is 2.61. The van der Waals surface area contributed by atoms with Crippen molar-refractivity contribution in [2.45, 2.75) is 6.54 Å². The minimum atomic E-state index is -0.796. The molecule has 2 rings (SSSR count). The summed E-state index contributed by atoms with van der Waals surface area (Å²) in [6.07, 6.45) is 0. The Kier molecular flexibility index (Phi) is 3.15. The van der Waals surface area contributed by atoms with Gasteiger partial charge in [-0.05, 0) is 11.6 Å². The normalized spacial score (nSPS) is 10.3. The molecule has 0 aliphatic heterocycles. The first-order chi connectivity index (χ1) is 9.02. The van der Waals surface area contributed by atoms with E-state index in [1.165, 1.54) is 0 Å². The molecule has 98 valence electrons. The van der Waals surface area contributed by atoms with Crippen molar-refractivity contribution in [2.24, 2.45) is 16.6 Å². The molecule has 3 amide bonds. The maximum Gasteiger partial charge on any atom is 0.317 e. The molecule has 0 aliphatic carbocycles. The maximum absolute atomic E-state index is 11.5. The number of hydrogen-bond donors (Lipinski definition) is 5. The summed E-state index contributed by atoms with van der Waals surface area (Å²) in [5.74, 6) is -0.511. The van der Waals surface area contributed by atoms with Crippen LogP contribution in [0.15, 0.2) is 23.3 Å². The molecule has 0 atom stereocenters. The number of carbonyl (C=O) groups is 2. The zero-order chi connectivity index (χ0) is 14.0. The number of benzene rings is 1. The fourth-order valence-corrected chi connectivity index (χ4v) is 1.91. The van der Waals surface area contributed by atoms with Crippen molar-refractivity contribution < 1.29 is 9.59 Å². The lowest BCUT2D eigenvalue weighted by molar-refractivity contribution is 0.100. The van der Waals surface area contributed by atoms with E-state index in [-0.39, 0.29) is 17.9 Å². The lowest BCUT2D eigenvalue weighted by Gasteiger charge is -2.00. The van der Waals surface area contributed by atoms with Gasteiger partial charge in [-0.25, -0.2) is 10.3 Å². The minimum Gasteiger partial charge on any atom is -0.365 e. The van der Waals surface area contributed by atoms with Gasteiger partial charge in [-0.15, -0.1) is 0 Å². The quantitative estimate of drug-likeness (QED) is 0.526. The van der Waals surface area contributed by atoms with Gasteiger partial charge < -0.3 is 16.5 Å². The third-order valence-corrected chi connectivity index (χ3v) is 2.62. The van der Waals surface area contributed by atoms with Crippen molar-refractivity contribution in [3.05, 3.63) is 29.3 Å². The molecule has 2 aromatic rings. The summed E-state index contributed by atoms with van der Waals surface area (Å²) < 4.78 is 0. The lowest BCUT2D eigenvalue weighted by atomic mass is 10.1. The Hall–Kier alpha value is -2.90. The van der Waals surface area contributed by atoms with Crippen molar-refractivity contribution >= 4 is 28.7 Å². The van der Waals surface area contributed by atoms with Gasteiger partial charge in [0, 0.05) is 10.9 Å². The van der Waals surface area contributed by atoms with Crippen LogP contribution in [0, 0.1) is 5.53 Å². The van der Waals surface area contributed by atoms with E-state index in [2.05, 4.69) is 15.4 Å². The monoisotopic (exact) mass is 260 g/mol. The van der Waals surface area contributed by atoms with Gasteiger partial charge in [0.2, 0.25) is 0 Å². The number of urea groups is 1. The molecule has 8 heteroatoms. The first kappa shape index (κ1) is 12.6. The highest BCUT2D eigenvalue weighted by Gasteiger charge is 2.17. The average Bonchev–Trinajstić information content (AvgIpc) is 2.65. The number of rotatable bonds is 4. The summed E-state index contributed by atoms with van der Waals surface area (Å²) in [4.78, 5) is 25.2. The van der Waals surface area contributed by atoms with Crippen molar-refractivity contribution in [3.63, 3.8) is 0 Å². The van der Waals surface area contributed by atoms with Crippen LogP contribution in [0.5, 0.6) is 0 Å². The van der Waals surface area contributed by atoms with E-state index < -0.39 is 11.9 Å². The van der Waals surface area contributed by atoms with Crippen molar-refractivity contribution in [1.29, 1.82) is 5.53 Å². The van der Waals surface area contributed by atoms with E-state index >= 15 is 0 Å². The average molecular weight is 260 g/mol. The zero-order valence-corrected chi connectivity index (χ0v) is 9.86. The van der Waals surface area contributed by atoms with Gasteiger partial charge in [0.15, 0.2) is 0 Å². The fourth-order valence-electron chi connectivity index (χ4n) is 1.91. The maximum atomic E-state index is 11.5. The third-order valence-electron chi connectivity index (χ3n) is 2.62. The minimum absolute atomic E-state index is 0.162. The van der Waals surface area contributed by atoms with E-state index in [1.54, 1.807) is 18.2 Å². The summed E-state index contributed by atoms with van der Waals surface area (Å²) in [6.45, 7) is 0.236. The van der Waals surface area contributed by atoms with Crippen LogP contribution in [0.1, 0.15) is 15.9 Å². The summed E-state index contributed by atoms with van der Waals surface area (Å²) in [5.41, 5.74) is 18.7. The smallest absolute Gasteiger partial charge is 0.317 e. The van der Waals surface area contributed by atoms with Crippen LogP contribution >= 0.6 is 0 Å². The van der Waals surface area contributed by atoms with Gasteiger partial charge in [0.25, 0.3) is 5.91 Å². The Morgan fingerprint density at radius 2 is 2.11 bits per heavy atom. The topological polar surface area (TPSA) is 150 Å².